The fourth-order valence-electron chi connectivity index (χ4n) is 1.50. The minimum absolute atomic E-state index is 0.222. The van der Waals surface area contributed by atoms with E-state index >= 15 is 0 Å². The summed E-state index contributed by atoms with van der Waals surface area (Å²) in [6.45, 7) is 8.13. The lowest BCUT2D eigenvalue weighted by Gasteiger charge is -2.13. The molecule has 0 bridgehead atoms. The van der Waals surface area contributed by atoms with Gasteiger partial charge in [-0.3, -0.25) is 0 Å². The zero-order valence-corrected chi connectivity index (χ0v) is 11.4. The van der Waals surface area contributed by atoms with Crippen LogP contribution in [-0.2, 0) is 11.3 Å². The van der Waals surface area contributed by atoms with Crippen molar-refractivity contribution in [2.45, 2.75) is 33.4 Å². The number of hydrogen-bond acceptors (Lipinski definition) is 4. The van der Waals surface area contributed by atoms with Crippen LogP contribution in [0, 0.1) is 0 Å². The topological polar surface area (TPSA) is 53.7 Å². The van der Waals surface area contributed by atoms with E-state index in [1.807, 2.05) is 39.0 Å². The minimum atomic E-state index is 0.222. The molecule has 1 aromatic rings. The smallest absolute Gasteiger partial charge is 0.161 e. The lowest BCUT2D eigenvalue weighted by molar-refractivity contribution is 0.0545. The molecule has 0 fully saturated rings. The van der Waals surface area contributed by atoms with Gasteiger partial charge in [0.05, 0.1) is 19.3 Å². The van der Waals surface area contributed by atoms with Gasteiger partial charge in [-0.05, 0) is 38.5 Å². The summed E-state index contributed by atoms with van der Waals surface area (Å²) in [4.78, 5) is 0. The van der Waals surface area contributed by atoms with Gasteiger partial charge in [0.25, 0.3) is 0 Å². The van der Waals surface area contributed by atoms with Crippen molar-refractivity contribution in [1.29, 1.82) is 0 Å². The van der Waals surface area contributed by atoms with E-state index in [2.05, 4.69) is 0 Å². The molecule has 0 aromatic heterocycles. The first-order valence-corrected chi connectivity index (χ1v) is 6.37. The van der Waals surface area contributed by atoms with Crippen LogP contribution in [0.3, 0.4) is 0 Å². The van der Waals surface area contributed by atoms with E-state index in [0.717, 1.165) is 17.1 Å². The van der Waals surface area contributed by atoms with Gasteiger partial charge < -0.3 is 19.9 Å². The van der Waals surface area contributed by atoms with Gasteiger partial charge in [-0.15, -0.1) is 0 Å². The Morgan fingerprint density at radius 3 is 2.50 bits per heavy atom. The molecule has 0 saturated heterocycles. The zero-order valence-electron chi connectivity index (χ0n) is 11.4. The Kier molecular flexibility index (Phi) is 6.54. The van der Waals surface area contributed by atoms with Crippen molar-refractivity contribution in [2.24, 2.45) is 5.73 Å². The molecule has 0 heterocycles. The lowest BCUT2D eigenvalue weighted by atomic mass is 10.2. The fourth-order valence-corrected chi connectivity index (χ4v) is 1.50. The first-order chi connectivity index (χ1) is 8.67. The van der Waals surface area contributed by atoms with E-state index in [9.17, 15) is 0 Å². The second-order valence-electron chi connectivity index (χ2n) is 4.19. The first-order valence-electron chi connectivity index (χ1n) is 6.37. The molecule has 4 heteroatoms. The van der Waals surface area contributed by atoms with Crippen LogP contribution in [0.4, 0.5) is 0 Å². The van der Waals surface area contributed by atoms with Gasteiger partial charge in [0.1, 0.15) is 6.61 Å². The highest BCUT2D eigenvalue weighted by Gasteiger charge is 2.06. The normalized spacial score (nSPS) is 10.7. The van der Waals surface area contributed by atoms with Crippen molar-refractivity contribution >= 4 is 0 Å². The van der Waals surface area contributed by atoms with E-state index < -0.39 is 0 Å². The van der Waals surface area contributed by atoms with Crippen LogP contribution in [0.1, 0.15) is 26.3 Å². The highest BCUT2D eigenvalue weighted by molar-refractivity contribution is 5.43. The third-order valence-electron chi connectivity index (χ3n) is 2.34. The average Bonchev–Trinajstić information content (AvgIpc) is 2.36. The van der Waals surface area contributed by atoms with Crippen LogP contribution >= 0.6 is 0 Å². The summed E-state index contributed by atoms with van der Waals surface area (Å²) in [5, 5.41) is 0. The maximum Gasteiger partial charge on any atom is 0.161 e. The van der Waals surface area contributed by atoms with Crippen molar-refractivity contribution < 1.29 is 14.2 Å². The van der Waals surface area contributed by atoms with E-state index in [1.54, 1.807) is 0 Å². The summed E-state index contributed by atoms with van der Waals surface area (Å²) in [5.74, 6) is 1.48. The number of ether oxygens (including phenoxy) is 3. The summed E-state index contributed by atoms with van der Waals surface area (Å²) >= 11 is 0. The quantitative estimate of drug-likeness (QED) is 0.723. The molecule has 0 atom stereocenters. The van der Waals surface area contributed by atoms with Crippen molar-refractivity contribution in [3.63, 3.8) is 0 Å². The van der Waals surface area contributed by atoms with E-state index in [-0.39, 0.29) is 6.10 Å². The number of hydrogen-bond donors (Lipinski definition) is 1. The van der Waals surface area contributed by atoms with Crippen LogP contribution in [-0.4, -0.2) is 25.9 Å². The van der Waals surface area contributed by atoms with Gasteiger partial charge in [-0.2, -0.15) is 0 Å². The molecule has 0 aliphatic rings. The van der Waals surface area contributed by atoms with Crippen LogP contribution in [0.15, 0.2) is 18.2 Å². The standard InChI is InChI=1S/C14H23NO3/c1-4-16-14-9-12(10-15)5-6-13(14)18-8-7-17-11(2)3/h5-6,9,11H,4,7-8,10,15H2,1-3H3. The number of benzene rings is 1. The molecule has 0 spiro atoms. The largest absolute Gasteiger partial charge is 0.490 e. The highest BCUT2D eigenvalue weighted by atomic mass is 16.5. The molecule has 4 nitrogen and oxygen atoms in total. The van der Waals surface area contributed by atoms with Crippen LogP contribution in [0.5, 0.6) is 11.5 Å². The van der Waals surface area contributed by atoms with Crippen LogP contribution < -0.4 is 15.2 Å². The molecule has 102 valence electrons. The van der Waals surface area contributed by atoms with Crippen molar-refractivity contribution in [1.82, 2.24) is 0 Å². The fraction of sp³-hybridized carbons (Fsp3) is 0.571. The summed E-state index contributed by atoms with van der Waals surface area (Å²) in [6.07, 6.45) is 0.222. The highest BCUT2D eigenvalue weighted by Crippen LogP contribution is 2.28. The molecule has 0 radical (unpaired) electrons. The zero-order chi connectivity index (χ0) is 13.4. The molecule has 1 rings (SSSR count). The third kappa shape index (κ3) is 4.94. The van der Waals surface area contributed by atoms with Gasteiger partial charge in [0.2, 0.25) is 0 Å². The molecule has 1 aromatic carbocycles. The average molecular weight is 253 g/mol. The second-order valence-corrected chi connectivity index (χ2v) is 4.19. The molecule has 0 aliphatic carbocycles. The maximum atomic E-state index is 5.65. The van der Waals surface area contributed by atoms with Crippen molar-refractivity contribution in [3.05, 3.63) is 23.8 Å². The lowest BCUT2D eigenvalue weighted by Crippen LogP contribution is -2.12. The number of nitrogens with two attached hydrogens (primary N) is 1. The van der Waals surface area contributed by atoms with Gasteiger partial charge >= 0.3 is 0 Å². The summed E-state index contributed by atoms with van der Waals surface area (Å²) in [7, 11) is 0. The van der Waals surface area contributed by atoms with Gasteiger partial charge in [0.15, 0.2) is 11.5 Å². The monoisotopic (exact) mass is 253 g/mol. The summed E-state index contributed by atoms with van der Waals surface area (Å²) in [6, 6.07) is 5.76. The van der Waals surface area contributed by atoms with Crippen LogP contribution in [0.2, 0.25) is 0 Å². The maximum absolute atomic E-state index is 5.65. The minimum Gasteiger partial charge on any atom is -0.490 e. The van der Waals surface area contributed by atoms with Crippen molar-refractivity contribution in [2.75, 3.05) is 19.8 Å². The number of rotatable bonds is 8. The Morgan fingerprint density at radius 2 is 1.89 bits per heavy atom. The predicted octanol–water partition coefficient (Wildman–Crippen LogP) is 2.35. The summed E-state index contributed by atoms with van der Waals surface area (Å²) in [5.41, 5.74) is 6.64. The Hall–Kier alpha value is -1.26. The molecular weight excluding hydrogens is 230 g/mol. The summed E-state index contributed by atoms with van der Waals surface area (Å²) < 4.78 is 16.6. The first kappa shape index (κ1) is 14.8. The van der Waals surface area contributed by atoms with Gasteiger partial charge in [-0.1, -0.05) is 6.07 Å². The van der Waals surface area contributed by atoms with Gasteiger partial charge in [0, 0.05) is 6.54 Å². The van der Waals surface area contributed by atoms with E-state index in [4.69, 9.17) is 19.9 Å². The Labute approximate surface area is 109 Å². The van der Waals surface area contributed by atoms with E-state index in [0.29, 0.717) is 26.4 Å². The Morgan fingerprint density at radius 1 is 1.11 bits per heavy atom. The molecule has 2 N–H and O–H groups in total. The van der Waals surface area contributed by atoms with E-state index in [1.165, 1.54) is 0 Å². The molecule has 0 unspecified atom stereocenters. The molecule has 0 amide bonds. The molecule has 0 aliphatic heterocycles. The van der Waals surface area contributed by atoms with Gasteiger partial charge in [-0.25, -0.2) is 0 Å². The second kappa shape index (κ2) is 7.95. The molecule has 0 saturated carbocycles. The van der Waals surface area contributed by atoms with Crippen molar-refractivity contribution in [3.8, 4) is 11.5 Å². The molecule has 18 heavy (non-hydrogen) atoms. The third-order valence-corrected chi connectivity index (χ3v) is 2.34. The predicted molar refractivity (Wildman–Crippen MR) is 72.1 cm³/mol. The SMILES string of the molecule is CCOc1cc(CN)ccc1OCCOC(C)C. The Bertz CT molecular complexity index is 353. The molecular formula is C14H23NO3. The Balaban J connectivity index is 2.57. The van der Waals surface area contributed by atoms with Crippen LogP contribution in [0.25, 0.3) is 0 Å².